The van der Waals surface area contributed by atoms with E-state index in [0.29, 0.717) is 11.4 Å². The number of halogens is 1. The fraction of sp³-hybridized carbons (Fsp3) is 0.278. The molecule has 3 nitrogen and oxygen atoms in total. The van der Waals surface area contributed by atoms with Crippen LogP contribution in [-0.4, -0.2) is 31.4 Å². The number of nitrogens with zero attached hydrogens (tertiary/aromatic N) is 1. The van der Waals surface area contributed by atoms with Gasteiger partial charge < -0.3 is 10.2 Å². The molecule has 116 valence electrons. The highest BCUT2D eigenvalue weighted by molar-refractivity contribution is 6.30. The summed E-state index contributed by atoms with van der Waals surface area (Å²) in [6.07, 6.45) is 0.355. The van der Waals surface area contributed by atoms with E-state index in [-0.39, 0.29) is 11.9 Å². The summed E-state index contributed by atoms with van der Waals surface area (Å²) in [6.45, 7) is 0.760. The zero-order chi connectivity index (χ0) is 15.9. The summed E-state index contributed by atoms with van der Waals surface area (Å²) in [6, 6.07) is 17.4. The number of hydrogen-bond acceptors (Lipinski definition) is 2. The highest BCUT2D eigenvalue weighted by atomic mass is 35.5. The molecule has 0 radical (unpaired) electrons. The Hall–Kier alpha value is -1.84. The van der Waals surface area contributed by atoms with Crippen molar-refractivity contribution in [1.82, 2.24) is 10.2 Å². The summed E-state index contributed by atoms with van der Waals surface area (Å²) in [5.74, 6) is 0.0121. The monoisotopic (exact) mass is 316 g/mol. The molecule has 0 unspecified atom stereocenters. The Morgan fingerprint density at radius 3 is 2.32 bits per heavy atom. The molecule has 0 aliphatic rings. The van der Waals surface area contributed by atoms with Gasteiger partial charge >= 0.3 is 0 Å². The van der Waals surface area contributed by atoms with Gasteiger partial charge in [-0.2, -0.15) is 0 Å². The van der Waals surface area contributed by atoms with Crippen LogP contribution in [0.2, 0.25) is 5.02 Å². The lowest BCUT2D eigenvalue weighted by Gasteiger charge is -2.23. The zero-order valence-electron chi connectivity index (χ0n) is 12.9. The van der Waals surface area contributed by atoms with Gasteiger partial charge in [0.15, 0.2) is 0 Å². The molecule has 2 rings (SSSR count). The standard InChI is InChI=1S/C18H21ClN2O/c1-21(2)13-17(15-6-4-3-5-7-15)20-18(22)12-14-8-10-16(19)11-9-14/h3-11,17H,12-13H2,1-2H3,(H,20,22)/t17-/m0/s1. The molecule has 0 aliphatic heterocycles. The van der Waals surface area contributed by atoms with Gasteiger partial charge in [-0.3, -0.25) is 4.79 Å². The minimum absolute atomic E-state index is 0.0121. The number of rotatable bonds is 6. The quantitative estimate of drug-likeness (QED) is 0.887. The largest absolute Gasteiger partial charge is 0.348 e. The van der Waals surface area contributed by atoms with E-state index in [1.165, 1.54) is 0 Å². The van der Waals surface area contributed by atoms with E-state index in [1.807, 2.05) is 56.6 Å². The molecule has 0 aliphatic carbocycles. The number of benzene rings is 2. The molecule has 0 aromatic heterocycles. The molecular formula is C18H21ClN2O. The highest BCUT2D eigenvalue weighted by Gasteiger charge is 2.15. The number of nitrogens with one attached hydrogen (secondary N) is 1. The second kappa shape index (κ2) is 7.97. The molecular weight excluding hydrogens is 296 g/mol. The first-order valence-electron chi connectivity index (χ1n) is 7.28. The van der Waals surface area contributed by atoms with E-state index in [9.17, 15) is 4.79 Å². The molecule has 0 fully saturated rings. The minimum Gasteiger partial charge on any atom is -0.348 e. The van der Waals surface area contributed by atoms with Gasteiger partial charge in [0.1, 0.15) is 0 Å². The number of carbonyl (C=O) groups excluding carboxylic acids is 1. The smallest absolute Gasteiger partial charge is 0.224 e. The number of likely N-dealkylation sites (N-methyl/N-ethyl adjacent to an activating group) is 1. The van der Waals surface area contributed by atoms with Crippen LogP contribution in [0, 0.1) is 0 Å². The molecule has 0 saturated carbocycles. The summed E-state index contributed by atoms with van der Waals surface area (Å²) in [4.78, 5) is 14.4. The Morgan fingerprint density at radius 2 is 1.73 bits per heavy atom. The second-order valence-electron chi connectivity index (χ2n) is 5.60. The van der Waals surface area contributed by atoms with Crippen molar-refractivity contribution in [1.29, 1.82) is 0 Å². The SMILES string of the molecule is CN(C)C[C@H](NC(=O)Cc1ccc(Cl)cc1)c1ccccc1. The van der Waals surface area contributed by atoms with Crippen LogP contribution in [0.4, 0.5) is 0 Å². The normalized spacial score (nSPS) is 12.2. The average Bonchev–Trinajstić information content (AvgIpc) is 2.49. The Balaban J connectivity index is 2.03. The van der Waals surface area contributed by atoms with E-state index >= 15 is 0 Å². The minimum atomic E-state index is -0.0176. The van der Waals surface area contributed by atoms with Crippen molar-refractivity contribution in [2.24, 2.45) is 0 Å². The van der Waals surface area contributed by atoms with Gasteiger partial charge in [-0.15, -0.1) is 0 Å². The Bertz CT molecular complexity index is 596. The van der Waals surface area contributed by atoms with Crippen LogP contribution in [-0.2, 0) is 11.2 Å². The van der Waals surface area contributed by atoms with Crippen LogP contribution >= 0.6 is 11.6 Å². The summed E-state index contributed by atoms with van der Waals surface area (Å²) in [7, 11) is 4.00. The van der Waals surface area contributed by atoms with Gasteiger partial charge in [-0.1, -0.05) is 54.1 Å². The maximum Gasteiger partial charge on any atom is 0.224 e. The van der Waals surface area contributed by atoms with Crippen LogP contribution in [0.5, 0.6) is 0 Å². The lowest BCUT2D eigenvalue weighted by Crippen LogP contribution is -2.36. The fourth-order valence-electron chi connectivity index (χ4n) is 2.32. The molecule has 22 heavy (non-hydrogen) atoms. The van der Waals surface area contributed by atoms with E-state index < -0.39 is 0 Å². The van der Waals surface area contributed by atoms with Gasteiger partial charge in [0, 0.05) is 11.6 Å². The predicted octanol–water partition coefficient (Wildman–Crippen LogP) is 3.30. The van der Waals surface area contributed by atoms with Gasteiger partial charge in [0.25, 0.3) is 0 Å². The van der Waals surface area contributed by atoms with Crippen molar-refractivity contribution in [3.63, 3.8) is 0 Å². The Morgan fingerprint density at radius 1 is 1.09 bits per heavy atom. The fourth-order valence-corrected chi connectivity index (χ4v) is 2.44. The molecule has 4 heteroatoms. The summed E-state index contributed by atoms with van der Waals surface area (Å²) >= 11 is 5.86. The lowest BCUT2D eigenvalue weighted by atomic mass is 10.1. The first-order chi connectivity index (χ1) is 10.5. The first kappa shape index (κ1) is 16.5. The summed E-state index contributed by atoms with van der Waals surface area (Å²) < 4.78 is 0. The number of hydrogen-bond donors (Lipinski definition) is 1. The van der Waals surface area contributed by atoms with E-state index in [1.54, 1.807) is 12.1 Å². The maximum atomic E-state index is 12.3. The van der Waals surface area contributed by atoms with Crippen molar-refractivity contribution in [2.45, 2.75) is 12.5 Å². The third-order valence-electron chi connectivity index (χ3n) is 3.36. The molecule has 1 amide bonds. The third kappa shape index (κ3) is 5.17. The molecule has 0 saturated heterocycles. The van der Waals surface area contributed by atoms with E-state index in [4.69, 9.17) is 11.6 Å². The van der Waals surface area contributed by atoms with Crippen LogP contribution in [0.1, 0.15) is 17.2 Å². The van der Waals surface area contributed by atoms with E-state index in [0.717, 1.165) is 17.7 Å². The van der Waals surface area contributed by atoms with Crippen molar-refractivity contribution >= 4 is 17.5 Å². The van der Waals surface area contributed by atoms with E-state index in [2.05, 4.69) is 10.2 Å². The second-order valence-corrected chi connectivity index (χ2v) is 6.03. The van der Waals surface area contributed by atoms with Crippen LogP contribution in [0.25, 0.3) is 0 Å². The molecule has 0 heterocycles. The topological polar surface area (TPSA) is 32.3 Å². The number of carbonyl (C=O) groups is 1. The van der Waals surface area contributed by atoms with Gasteiger partial charge in [0.05, 0.1) is 12.5 Å². The Kier molecular flexibility index (Phi) is 5.99. The van der Waals surface area contributed by atoms with Crippen molar-refractivity contribution in [3.8, 4) is 0 Å². The average molecular weight is 317 g/mol. The third-order valence-corrected chi connectivity index (χ3v) is 3.61. The molecule has 2 aromatic rings. The zero-order valence-corrected chi connectivity index (χ0v) is 13.7. The molecule has 2 aromatic carbocycles. The predicted molar refractivity (Wildman–Crippen MR) is 91.0 cm³/mol. The molecule has 1 atom stereocenters. The van der Waals surface area contributed by atoms with Crippen molar-refractivity contribution in [3.05, 3.63) is 70.7 Å². The maximum absolute atomic E-state index is 12.3. The molecule has 0 bridgehead atoms. The highest BCUT2D eigenvalue weighted by Crippen LogP contribution is 2.14. The number of amides is 1. The van der Waals surface area contributed by atoms with Crippen LogP contribution < -0.4 is 5.32 Å². The van der Waals surface area contributed by atoms with Gasteiger partial charge in [-0.05, 0) is 37.4 Å². The lowest BCUT2D eigenvalue weighted by molar-refractivity contribution is -0.121. The van der Waals surface area contributed by atoms with Crippen molar-refractivity contribution in [2.75, 3.05) is 20.6 Å². The molecule has 0 spiro atoms. The van der Waals surface area contributed by atoms with Crippen molar-refractivity contribution < 1.29 is 4.79 Å². The first-order valence-corrected chi connectivity index (χ1v) is 7.66. The van der Waals surface area contributed by atoms with Gasteiger partial charge in [-0.25, -0.2) is 0 Å². The molecule has 1 N–H and O–H groups in total. The van der Waals surface area contributed by atoms with Crippen LogP contribution in [0.15, 0.2) is 54.6 Å². The van der Waals surface area contributed by atoms with Crippen LogP contribution in [0.3, 0.4) is 0 Å². The van der Waals surface area contributed by atoms with Gasteiger partial charge in [0.2, 0.25) is 5.91 Å². The summed E-state index contributed by atoms with van der Waals surface area (Å²) in [5.41, 5.74) is 2.07. The summed E-state index contributed by atoms with van der Waals surface area (Å²) in [5, 5.41) is 3.79. The Labute approximate surface area is 136 Å².